The Kier molecular flexibility index (Phi) is 11.1. The molecular weight excluding hydrogens is 283 g/mol. The second kappa shape index (κ2) is 12.0. The van der Waals surface area contributed by atoms with Gasteiger partial charge in [-0.1, -0.05) is 64.0 Å². The summed E-state index contributed by atoms with van der Waals surface area (Å²) in [4.78, 5) is 0. The molecule has 0 aromatic rings. The molecule has 0 saturated carbocycles. The standard InChI is InChI=1S/C13H11I/c1-2-3-4-5-6-7-8-9-10-11-12-13-14/h4,7,10,13H2,1H3. The molecule has 0 aliphatic rings. The molecule has 70 valence electrons. The zero-order valence-electron chi connectivity index (χ0n) is 8.21. The summed E-state index contributed by atoms with van der Waals surface area (Å²) in [6, 6.07) is 0. The van der Waals surface area contributed by atoms with Crippen LogP contribution in [0.3, 0.4) is 0 Å². The summed E-state index contributed by atoms with van der Waals surface area (Å²) >= 11 is 2.22. The zero-order valence-corrected chi connectivity index (χ0v) is 10.4. The molecular formula is C13H11I. The molecule has 14 heavy (non-hydrogen) atoms. The number of hydrogen-bond donors (Lipinski definition) is 0. The summed E-state index contributed by atoms with van der Waals surface area (Å²) in [5.74, 6) is 23.3. The average Bonchev–Trinajstić information content (AvgIpc) is 2.21. The van der Waals surface area contributed by atoms with Crippen molar-refractivity contribution in [1.82, 2.24) is 0 Å². The lowest BCUT2D eigenvalue weighted by molar-refractivity contribution is 1.47. The first-order chi connectivity index (χ1) is 6.91. The van der Waals surface area contributed by atoms with Crippen molar-refractivity contribution in [3.63, 3.8) is 0 Å². The van der Waals surface area contributed by atoms with Crippen LogP contribution in [0.5, 0.6) is 0 Å². The van der Waals surface area contributed by atoms with Gasteiger partial charge in [0.1, 0.15) is 0 Å². The fourth-order valence-corrected chi connectivity index (χ4v) is 0.850. The third-order valence-electron chi connectivity index (χ3n) is 1.15. The van der Waals surface area contributed by atoms with Crippen molar-refractivity contribution in [3.05, 3.63) is 0 Å². The van der Waals surface area contributed by atoms with Crippen LogP contribution in [0.25, 0.3) is 0 Å². The van der Waals surface area contributed by atoms with Gasteiger partial charge in [0.2, 0.25) is 0 Å². The van der Waals surface area contributed by atoms with E-state index in [4.69, 9.17) is 0 Å². The molecule has 0 spiro atoms. The molecule has 0 unspecified atom stereocenters. The largest absolute Gasteiger partial charge is 0.106 e. The number of hydrogen-bond acceptors (Lipinski definition) is 0. The van der Waals surface area contributed by atoms with Crippen LogP contribution in [0.15, 0.2) is 0 Å². The summed E-state index contributed by atoms with van der Waals surface area (Å²) in [7, 11) is 0. The van der Waals surface area contributed by atoms with E-state index < -0.39 is 0 Å². The maximum atomic E-state index is 2.95. The highest BCUT2D eigenvalue weighted by Gasteiger charge is 1.68. The van der Waals surface area contributed by atoms with Crippen LogP contribution in [0.2, 0.25) is 0 Å². The second-order valence-electron chi connectivity index (χ2n) is 2.15. The molecule has 0 bridgehead atoms. The van der Waals surface area contributed by atoms with Gasteiger partial charge in [-0.15, -0.1) is 5.92 Å². The third kappa shape index (κ3) is 11.0. The summed E-state index contributed by atoms with van der Waals surface area (Å²) in [5, 5.41) is 0. The van der Waals surface area contributed by atoms with Gasteiger partial charge < -0.3 is 0 Å². The minimum Gasteiger partial charge on any atom is -0.106 e. The van der Waals surface area contributed by atoms with Crippen molar-refractivity contribution >= 4 is 22.6 Å². The van der Waals surface area contributed by atoms with E-state index in [1.54, 1.807) is 0 Å². The van der Waals surface area contributed by atoms with E-state index in [0.717, 1.165) is 4.43 Å². The highest BCUT2D eigenvalue weighted by atomic mass is 127. The topological polar surface area (TPSA) is 0 Å². The van der Waals surface area contributed by atoms with E-state index in [1.165, 1.54) is 0 Å². The van der Waals surface area contributed by atoms with Gasteiger partial charge in [-0.2, -0.15) is 0 Å². The Morgan fingerprint density at radius 1 is 0.714 bits per heavy atom. The van der Waals surface area contributed by atoms with E-state index in [9.17, 15) is 0 Å². The van der Waals surface area contributed by atoms with E-state index in [-0.39, 0.29) is 0 Å². The zero-order chi connectivity index (χ0) is 10.5. The molecule has 0 fully saturated rings. The summed E-state index contributed by atoms with van der Waals surface area (Å²) in [6.07, 6.45) is 1.92. The van der Waals surface area contributed by atoms with E-state index in [2.05, 4.69) is 70.0 Å². The Labute approximate surface area is 100 Å². The van der Waals surface area contributed by atoms with Crippen LogP contribution < -0.4 is 0 Å². The van der Waals surface area contributed by atoms with E-state index in [0.29, 0.717) is 19.3 Å². The summed E-state index contributed by atoms with van der Waals surface area (Å²) in [6.45, 7) is 1.81. The highest BCUT2D eigenvalue weighted by Crippen LogP contribution is 1.78. The average molecular weight is 294 g/mol. The van der Waals surface area contributed by atoms with Crippen molar-refractivity contribution < 1.29 is 0 Å². The van der Waals surface area contributed by atoms with Gasteiger partial charge in [0, 0.05) is 0 Å². The maximum Gasteiger partial charge on any atom is 0.0703 e. The Balaban J connectivity index is 3.58. The van der Waals surface area contributed by atoms with Gasteiger partial charge in [-0.25, -0.2) is 0 Å². The molecule has 0 aliphatic carbocycles. The van der Waals surface area contributed by atoms with Crippen LogP contribution in [-0.2, 0) is 0 Å². The Morgan fingerprint density at radius 2 is 1.14 bits per heavy atom. The fourth-order valence-electron chi connectivity index (χ4n) is 0.581. The van der Waals surface area contributed by atoms with Crippen molar-refractivity contribution in [2.24, 2.45) is 0 Å². The van der Waals surface area contributed by atoms with Gasteiger partial charge in [0.15, 0.2) is 0 Å². The Morgan fingerprint density at radius 3 is 1.57 bits per heavy atom. The quantitative estimate of drug-likeness (QED) is 0.366. The maximum absolute atomic E-state index is 2.95. The first-order valence-corrected chi connectivity index (χ1v) is 5.77. The Hall–Kier alpha value is -1.03. The lowest BCUT2D eigenvalue weighted by atomic mass is 10.3. The predicted octanol–water partition coefficient (Wildman–Crippen LogP) is 2.63. The molecule has 0 aromatic carbocycles. The first-order valence-electron chi connectivity index (χ1n) is 4.24. The molecule has 1 heteroatoms. The van der Waals surface area contributed by atoms with Crippen molar-refractivity contribution in [2.45, 2.75) is 26.2 Å². The molecule has 0 amide bonds. The van der Waals surface area contributed by atoms with Gasteiger partial charge in [0.05, 0.1) is 23.7 Å². The summed E-state index contributed by atoms with van der Waals surface area (Å²) in [5.41, 5.74) is 0. The lowest BCUT2D eigenvalue weighted by Crippen LogP contribution is -1.65. The first kappa shape index (κ1) is 13.0. The molecule has 0 radical (unpaired) electrons. The minimum atomic E-state index is 0.622. The highest BCUT2D eigenvalue weighted by molar-refractivity contribution is 14.1. The van der Waals surface area contributed by atoms with Gasteiger partial charge in [-0.3, -0.25) is 0 Å². The van der Waals surface area contributed by atoms with E-state index in [1.807, 2.05) is 6.92 Å². The number of halogens is 1. The molecule has 0 N–H and O–H groups in total. The van der Waals surface area contributed by atoms with Crippen molar-refractivity contribution in [3.8, 4) is 47.4 Å². The number of rotatable bonds is 0. The molecule has 0 atom stereocenters. The molecule has 0 rings (SSSR count). The van der Waals surface area contributed by atoms with Crippen LogP contribution >= 0.6 is 22.6 Å². The smallest absolute Gasteiger partial charge is 0.0703 e. The normalized spacial score (nSPS) is 6.14. The monoisotopic (exact) mass is 294 g/mol. The van der Waals surface area contributed by atoms with Gasteiger partial charge in [0.25, 0.3) is 0 Å². The third-order valence-corrected chi connectivity index (χ3v) is 1.53. The molecule has 0 aliphatic heterocycles. The van der Waals surface area contributed by atoms with Crippen molar-refractivity contribution in [1.29, 1.82) is 0 Å². The SMILES string of the molecule is CC#CCC#CCC#CCC#CCI. The van der Waals surface area contributed by atoms with Gasteiger partial charge >= 0.3 is 0 Å². The van der Waals surface area contributed by atoms with E-state index >= 15 is 0 Å². The van der Waals surface area contributed by atoms with Crippen LogP contribution in [0.1, 0.15) is 26.2 Å². The lowest BCUT2D eigenvalue weighted by Gasteiger charge is -1.72. The van der Waals surface area contributed by atoms with Crippen LogP contribution in [-0.4, -0.2) is 4.43 Å². The Bertz CT molecular complexity index is 374. The summed E-state index contributed by atoms with van der Waals surface area (Å²) < 4.78 is 0.870. The molecule has 0 aromatic heterocycles. The molecule has 0 saturated heterocycles. The van der Waals surface area contributed by atoms with Crippen LogP contribution in [0, 0.1) is 47.4 Å². The molecule has 0 nitrogen and oxygen atoms in total. The fraction of sp³-hybridized carbons (Fsp3) is 0.385. The number of alkyl halides is 1. The molecule has 0 heterocycles. The van der Waals surface area contributed by atoms with Gasteiger partial charge in [-0.05, 0) is 6.92 Å². The van der Waals surface area contributed by atoms with Crippen molar-refractivity contribution in [2.75, 3.05) is 4.43 Å². The second-order valence-corrected chi connectivity index (χ2v) is 2.91. The minimum absolute atomic E-state index is 0.622. The van der Waals surface area contributed by atoms with Crippen LogP contribution in [0.4, 0.5) is 0 Å². The predicted molar refractivity (Wildman–Crippen MR) is 69.5 cm³/mol.